The van der Waals surface area contributed by atoms with Crippen LogP contribution in [0.25, 0.3) is 0 Å². The van der Waals surface area contributed by atoms with Crippen LogP contribution in [0.2, 0.25) is 0 Å². The first kappa shape index (κ1) is 18.7. The predicted octanol–water partition coefficient (Wildman–Crippen LogP) is 1.15. The van der Waals surface area contributed by atoms with Gasteiger partial charge in [-0.3, -0.25) is 4.79 Å². The molecule has 0 spiro atoms. The van der Waals surface area contributed by atoms with Crippen LogP contribution < -0.4 is 4.72 Å². The number of nitrogens with one attached hydrogen (secondary N) is 1. The Morgan fingerprint density at radius 2 is 1.89 bits per heavy atom. The van der Waals surface area contributed by atoms with Crippen molar-refractivity contribution in [3.05, 3.63) is 0 Å². The van der Waals surface area contributed by atoms with Gasteiger partial charge >= 0.3 is 5.97 Å². The number of thioether (sulfide) groups is 1. The summed E-state index contributed by atoms with van der Waals surface area (Å²) in [7, 11) is -2.16. The topological polar surface area (TPSA) is 86.7 Å². The average Bonchev–Trinajstić information content (AvgIpc) is 2.34. The molecule has 0 amide bonds. The van der Waals surface area contributed by atoms with Crippen LogP contribution in [0.15, 0.2) is 0 Å². The van der Waals surface area contributed by atoms with Crippen LogP contribution in [0.4, 0.5) is 0 Å². The zero-order valence-electron chi connectivity index (χ0n) is 11.6. The van der Waals surface area contributed by atoms with E-state index in [1.165, 1.54) is 7.05 Å². The Labute approximate surface area is 120 Å². The summed E-state index contributed by atoms with van der Waals surface area (Å²) in [6.07, 6.45) is 5.96. The molecule has 0 saturated carbocycles. The lowest BCUT2D eigenvalue weighted by Crippen LogP contribution is -2.39. The fourth-order valence-corrected chi connectivity index (χ4v) is 2.86. The molecule has 0 fully saturated rings. The molecule has 0 unspecified atom stereocenters. The van der Waals surface area contributed by atoms with Gasteiger partial charge in [0.25, 0.3) is 10.2 Å². The molecule has 0 radical (unpaired) electrons. The van der Waals surface area contributed by atoms with Crippen molar-refractivity contribution in [1.29, 1.82) is 0 Å². The van der Waals surface area contributed by atoms with Gasteiger partial charge in [-0.15, -0.1) is 0 Å². The number of carboxylic acid groups (broad SMARTS) is 1. The summed E-state index contributed by atoms with van der Waals surface area (Å²) in [4.78, 5) is 10.4. The molecule has 0 atom stereocenters. The third kappa shape index (κ3) is 10.2. The number of carbonyl (C=O) groups is 1. The molecule has 0 heterocycles. The second-order valence-corrected chi connectivity index (χ2v) is 7.12. The Bertz CT molecular complexity index is 347. The quantitative estimate of drug-likeness (QED) is 0.528. The number of aliphatic carboxylic acids is 1. The summed E-state index contributed by atoms with van der Waals surface area (Å²) in [5.41, 5.74) is 0. The molecule has 0 saturated heterocycles. The van der Waals surface area contributed by atoms with E-state index in [2.05, 4.69) is 11.0 Å². The van der Waals surface area contributed by atoms with E-state index in [1.807, 2.05) is 11.8 Å². The monoisotopic (exact) mass is 312 g/mol. The normalized spacial score (nSPS) is 11.9. The van der Waals surface area contributed by atoms with Crippen molar-refractivity contribution in [2.24, 2.45) is 0 Å². The van der Waals surface area contributed by atoms with E-state index in [4.69, 9.17) is 5.11 Å². The van der Waals surface area contributed by atoms with Crippen molar-refractivity contribution in [3.8, 4) is 0 Å². The molecule has 6 nitrogen and oxygen atoms in total. The highest BCUT2D eigenvalue weighted by molar-refractivity contribution is 7.98. The highest BCUT2D eigenvalue weighted by Crippen LogP contribution is 2.04. The maximum absolute atomic E-state index is 11.7. The van der Waals surface area contributed by atoms with Gasteiger partial charge in [-0.1, -0.05) is 12.8 Å². The molecule has 0 aromatic rings. The lowest BCUT2D eigenvalue weighted by Gasteiger charge is -2.16. The maximum atomic E-state index is 11.7. The van der Waals surface area contributed by atoms with Crippen molar-refractivity contribution in [1.82, 2.24) is 9.03 Å². The summed E-state index contributed by atoms with van der Waals surface area (Å²) in [6, 6.07) is 0. The Morgan fingerprint density at radius 1 is 1.26 bits per heavy atom. The van der Waals surface area contributed by atoms with Gasteiger partial charge in [0.1, 0.15) is 0 Å². The number of rotatable bonds is 12. The Balaban J connectivity index is 3.75. The number of unbranched alkanes of at least 4 members (excludes halogenated alkanes) is 3. The first-order chi connectivity index (χ1) is 8.90. The summed E-state index contributed by atoms with van der Waals surface area (Å²) in [6.45, 7) is 0.386. The highest BCUT2D eigenvalue weighted by Gasteiger charge is 2.17. The summed E-state index contributed by atoms with van der Waals surface area (Å²) >= 11 is 1.82. The lowest BCUT2D eigenvalue weighted by atomic mass is 10.2. The predicted molar refractivity (Wildman–Crippen MR) is 78.7 cm³/mol. The van der Waals surface area contributed by atoms with Gasteiger partial charge < -0.3 is 5.11 Å². The molecule has 19 heavy (non-hydrogen) atoms. The Kier molecular flexibility index (Phi) is 10.3. The average molecular weight is 312 g/mol. The minimum atomic E-state index is -3.54. The number of carboxylic acids is 1. The summed E-state index contributed by atoms with van der Waals surface area (Å²) < 4.78 is 26.9. The minimum Gasteiger partial charge on any atom is -0.481 e. The van der Waals surface area contributed by atoms with Crippen LogP contribution in [0, 0.1) is 0 Å². The van der Waals surface area contributed by atoms with Gasteiger partial charge in [-0.25, -0.2) is 4.72 Å². The molecule has 0 aliphatic rings. The van der Waals surface area contributed by atoms with Crippen LogP contribution in [-0.4, -0.2) is 55.9 Å². The second kappa shape index (κ2) is 10.5. The van der Waals surface area contributed by atoms with Gasteiger partial charge in [0.15, 0.2) is 0 Å². The molecule has 8 heteroatoms. The molecule has 0 bridgehead atoms. The second-order valence-electron chi connectivity index (χ2n) is 4.27. The number of hydrogen-bond acceptors (Lipinski definition) is 4. The van der Waals surface area contributed by atoms with Crippen LogP contribution in [-0.2, 0) is 15.0 Å². The molecule has 2 N–H and O–H groups in total. The van der Waals surface area contributed by atoms with Gasteiger partial charge in [0.2, 0.25) is 0 Å². The zero-order chi connectivity index (χ0) is 14.7. The van der Waals surface area contributed by atoms with Gasteiger partial charge in [0, 0.05) is 20.1 Å². The summed E-state index contributed by atoms with van der Waals surface area (Å²) in [5.74, 6) is 0.139. The van der Waals surface area contributed by atoms with E-state index < -0.39 is 16.2 Å². The van der Waals surface area contributed by atoms with E-state index >= 15 is 0 Å². The maximum Gasteiger partial charge on any atom is 0.304 e. The van der Waals surface area contributed by atoms with Gasteiger partial charge in [0.05, 0.1) is 6.42 Å². The Hall–Kier alpha value is -0.310. The SMILES string of the molecule is CSCCCCCCNS(=O)(=O)N(C)CCC(=O)O. The third-order valence-corrected chi connectivity index (χ3v) is 4.88. The molecule has 0 aliphatic carbocycles. The van der Waals surface area contributed by atoms with E-state index in [1.54, 1.807) is 0 Å². The largest absolute Gasteiger partial charge is 0.481 e. The smallest absolute Gasteiger partial charge is 0.304 e. The van der Waals surface area contributed by atoms with Crippen molar-refractivity contribution in [2.45, 2.75) is 32.1 Å². The standard InChI is InChI=1S/C11H24N2O4S2/c1-13(9-7-11(14)15)19(16,17)12-8-5-3-4-6-10-18-2/h12H,3-10H2,1-2H3,(H,14,15). The van der Waals surface area contributed by atoms with E-state index in [9.17, 15) is 13.2 Å². The lowest BCUT2D eigenvalue weighted by molar-refractivity contribution is -0.137. The molecular weight excluding hydrogens is 288 g/mol. The zero-order valence-corrected chi connectivity index (χ0v) is 13.2. The molecule has 0 aromatic heterocycles. The van der Waals surface area contributed by atoms with Gasteiger partial charge in [-0.2, -0.15) is 24.5 Å². The molecule has 0 aromatic carbocycles. The number of nitrogens with zero attached hydrogens (tertiary/aromatic N) is 1. The molecule has 0 aliphatic heterocycles. The molecule has 114 valence electrons. The van der Waals surface area contributed by atoms with Crippen LogP contribution in [0.1, 0.15) is 32.1 Å². The molecule has 0 rings (SSSR count). The van der Waals surface area contributed by atoms with Crippen LogP contribution >= 0.6 is 11.8 Å². The fraction of sp³-hybridized carbons (Fsp3) is 0.909. The molecular formula is C11H24N2O4S2. The van der Waals surface area contributed by atoms with Crippen molar-refractivity contribution in [2.75, 3.05) is 32.1 Å². The Morgan fingerprint density at radius 3 is 2.47 bits per heavy atom. The highest BCUT2D eigenvalue weighted by atomic mass is 32.2. The number of hydrogen-bond donors (Lipinski definition) is 2. The first-order valence-corrected chi connectivity index (χ1v) is 9.15. The van der Waals surface area contributed by atoms with Crippen molar-refractivity contribution >= 4 is 27.9 Å². The van der Waals surface area contributed by atoms with E-state index in [-0.39, 0.29) is 13.0 Å². The fourth-order valence-electron chi connectivity index (χ4n) is 1.41. The van der Waals surface area contributed by atoms with Gasteiger partial charge in [-0.05, 0) is 24.9 Å². The van der Waals surface area contributed by atoms with Crippen molar-refractivity contribution < 1.29 is 18.3 Å². The summed E-state index contributed by atoms with van der Waals surface area (Å²) in [5, 5.41) is 8.50. The van der Waals surface area contributed by atoms with Crippen LogP contribution in [0.5, 0.6) is 0 Å². The third-order valence-electron chi connectivity index (χ3n) is 2.61. The van der Waals surface area contributed by atoms with Crippen LogP contribution in [0.3, 0.4) is 0 Å². The van der Waals surface area contributed by atoms with E-state index in [0.717, 1.165) is 35.7 Å². The van der Waals surface area contributed by atoms with E-state index in [0.29, 0.717) is 6.54 Å². The first-order valence-electron chi connectivity index (χ1n) is 6.32. The van der Waals surface area contributed by atoms with Crippen molar-refractivity contribution in [3.63, 3.8) is 0 Å². The minimum absolute atomic E-state index is 0.0155.